The molecule has 4 rings (SSSR count). The van der Waals surface area contributed by atoms with Crippen molar-refractivity contribution in [3.8, 4) is 11.5 Å². The van der Waals surface area contributed by atoms with Gasteiger partial charge in [-0.15, -0.1) is 0 Å². The normalized spacial score (nSPS) is 13.2. The van der Waals surface area contributed by atoms with E-state index in [1.807, 2.05) is 0 Å². The highest BCUT2D eigenvalue weighted by Gasteiger charge is 2.23. The van der Waals surface area contributed by atoms with Crippen LogP contribution in [-0.4, -0.2) is 119 Å². The number of carboxylic acids is 1. The molecule has 23 nitrogen and oxygen atoms in total. The number of carbonyl (C=O) groups excluding carboxylic acids is 3. The van der Waals surface area contributed by atoms with Crippen molar-refractivity contribution < 1.29 is 85.6 Å². The molecular formula is C36H42N4O19S4. The smallest absolute Gasteiger partial charge is 0.320 e. The molecule has 27 heteroatoms. The van der Waals surface area contributed by atoms with Gasteiger partial charge in [0, 0.05) is 36.0 Å². The molecule has 0 bridgehead atoms. The molecule has 10 N–H and O–H groups in total. The lowest BCUT2D eigenvalue weighted by Gasteiger charge is -2.19. The van der Waals surface area contributed by atoms with Crippen LogP contribution in [0.1, 0.15) is 38.5 Å². The number of rotatable bonds is 23. The lowest BCUT2D eigenvalue weighted by atomic mass is 10.1. The van der Waals surface area contributed by atoms with Crippen molar-refractivity contribution in [3.63, 3.8) is 0 Å². The third-order valence-electron chi connectivity index (χ3n) is 9.08. The Balaban J connectivity index is 1.39. The van der Waals surface area contributed by atoms with Crippen molar-refractivity contribution >= 4 is 85.7 Å². The highest BCUT2D eigenvalue weighted by Crippen LogP contribution is 2.33. The molecular weight excluding hydrogens is 921 g/mol. The van der Waals surface area contributed by atoms with E-state index >= 15 is 0 Å². The van der Waals surface area contributed by atoms with Crippen molar-refractivity contribution in [2.75, 3.05) is 26.3 Å². The monoisotopic (exact) mass is 962 g/mol. The maximum atomic E-state index is 13.2. The Morgan fingerprint density at radius 1 is 0.556 bits per heavy atom. The number of carboxylic acid groups (broad SMARTS) is 1. The molecule has 0 aromatic heterocycles. The van der Waals surface area contributed by atoms with Crippen molar-refractivity contribution in [3.05, 3.63) is 60.7 Å². The van der Waals surface area contributed by atoms with Crippen LogP contribution in [0.3, 0.4) is 0 Å². The van der Waals surface area contributed by atoms with E-state index in [-0.39, 0.29) is 71.8 Å². The molecule has 2 atom stereocenters. The second-order valence-corrected chi connectivity index (χ2v) is 19.5. The molecule has 0 aliphatic carbocycles. The van der Waals surface area contributed by atoms with Crippen LogP contribution < -0.4 is 31.2 Å². The van der Waals surface area contributed by atoms with Crippen molar-refractivity contribution in [2.24, 2.45) is 5.73 Å². The molecule has 0 fully saturated rings. The fourth-order valence-electron chi connectivity index (χ4n) is 5.92. The summed E-state index contributed by atoms with van der Waals surface area (Å²) in [5, 5.41) is 16.7. The number of hydrogen-bond donors (Lipinski definition) is 9. The number of amides is 3. The topological polar surface area (TPSA) is 387 Å². The first-order chi connectivity index (χ1) is 29.2. The third kappa shape index (κ3) is 14.8. The van der Waals surface area contributed by atoms with Gasteiger partial charge in [-0.3, -0.25) is 37.4 Å². The van der Waals surface area contributed by atoms with Crippen molar-refractivity contribution in [2.45, 2.75) is 70.2 Å². The summed E-state index contributed by atoms with van der Waals surface area (Å²) in [6.45, 7) is -1.40. The Bertz CT molecular complexity index is 2840. The first kappa shape index (κ1) is 50.1. The first-order valence-electron chi connectivity index (χ1n) is 18.4. The summed E-state index contributed by atoms with van der Waals surface area (Å²) in [6.07, 6.45) is 1.25. The molecule has 0 unspecified atom stereocenters. The number of nitrogens with two attached hydrogens (primary N) is 1. The molecule has 4 aromatic rings. The highest BCUT2D eigenvalue weighted by molar-refractivity contribution is 7.86. The van der Waals surface area contributed by atoms with Gasteiger partial charge < -0.3 is 36.3 Å². The van der Waals surface area contributed by atoms with Gasteiger partial charge in [0.15, 0.2) is 13.2 Å². The minimum Gasteiger partial charge on any atom is -0.483 e. The average molecular weight is 963 g/mol. The summed E-state index contributed by atoms with van der Waals surface area (Å²) >= 11 is 0. The van der Waals surface area contributed by atoms with E-state index in [1.165, 1.54) is 6.07 Å². The van der Waals surface area contributed by atoms with Gasteiger partial charge in [-0.2, -0.15) is 33.7 Å². The maximum absolute atomic E-state index is 13.2. The van der Waals surface area contributed by atoms with E-state index in [4.69, 9.17) is 20.3 Å². The fraction of sp³-hybridized carbons (Fsp3) is 0.333. The van der Waals surface area contributed by atoms with Gasteiger partial charge in [0.2, 0.25) is 5.91 Å². The van der Waals surface area contributed by atoms with Crippen LogP contribution in [-0.2, 0) is 59.7 Å². The predicted octanol–water partition coefficient (Wildman–Crippen LogP) is 0.907. The highest BCUT2D eigenvalue weighted by atomic mass is 32.2. The fourth-order valence-corrected chi connectivity index (χ4v) is 8.02. The van der Waals surface area contributed by atoms with Crippen LogP contribution in [0.4, 0.5) is 0 Å². The van der Waals surface area contributed by atoms with Gasteiger partial charge in [0.1, 0.15) is 23.6 Å². The minimum atomic E-state index is -4.88. The van der Waals surface area contributed by atoms with E-state index in [0.717, 1.165) is 54.6 Å². The zero-order valence-electron chi connectivity index (χ0n) is 32.7. The van der Waals surface area contributed by atoms with Crippen LogP contribution in [0.5, 0.6) is 11.5 Å². The van der Waals surface area contributed by atoms with Crippen LogP contribution in [0.2, 0.25) is 0 Å². The molecule has 0 saturated carbocycles. The number of benzene rings is 4. The van der Waals surface area contributed by atoms with Gasteiger partial charge in [-0.1, -0.05) is 0 Å². The molecule has 3 amide bonds. The molecule has 0 saturated heterocycles. The number of fused-ring (bicyclic) bond motifs is 2. The van der Waals surface area contributed by atoms with Gasteiger partial charge in [-0.25, -0.2) is 0 Å². The minimum absolute atomic E-state index is 0.00657. The molecule has 63 heavy (non-hydrogen) atoms. The molecule has 4 aromatic carbocycles. The summed E-state index contributed by atoms with van der Waals surface area (Å²) in [5.74, 6) is -3.93. The summed E-state index contributed by atoms with van der Waals surface area (Å²) in [6, 6.07) is 7.55. The van der Waals surface area contributed by atoms with Gasteiger partial charge in [0.25, 0.3) is 52.3 Å². The van der Waals surface area contributed by atoms with Gasteiger partial charge in [0.05, 0.1) is 19.6 Å². The molecule has 0 heterocycles. The van der Waals surface area contributed by atoms with Crippen LogP contribution in [0.25, 0.3) is 21.5 Å². The Kier molecular flexibility index (Phi) is 16.5. The number of unbranched alkanes of at least 4 members (excludes halogenated alkanes) is 2. The molecule has 0 spiro atoms. The Labute approximate surface area is 360 Å². The predicted molar refractivity (Wildman–Crippen MR) is 219 cm³/mol. The van der Waals surface area contributed by atoms with E-state index in [0.29, 0.717) is 12.8 Å². The summed E-state index contributed by atoms with van der Waals surface area (Å²) in [4.78, 5) is 47.4. The Morgan fingerprint density at radius 2 is 0.968 bits per heavy atom. The third-order valence-corrected chi connectivity index (χ3v) is 12.4. The zero-order chi connectivity index (χ0) is 46.9. The average Bonchev–Trinajstić information content (AvgIpc) is 3.18. The molecule has 344 valence electrons. The quantitative estimate of drug-likeness (QED) is 0.0368. The molecule has 0 aliphatic heterocycles. The Hall–Kier alpha value is -5.52. The lowest BCUT2D eigenvalue weighted by molar-refractivity contribution is -0.138. The van der Waals surface area contributed by atoms with E-state index in [1.54, 1.807) is 0 Å². The number of ether oxygens (including phenoxy) is 2. The molecule has 0 radical (unpaired) electrons. The number of hydrogen-bond acceptors (Lipinski definition) is 15. The largest absolute Gasteiger partial charge is 0.483 e. The second-order valence-electron chi connectivity index (χ2n) is 13.8. The Morgan fingerprint density at radius 3 is 1.41 bits per heavy atom. The summed E-state index contributed by atoms with van der Waals surface area (Å²) < 4.78 is 143. The second kappa shape index (κ2) is 20.8. The number of aliphatic carboxylic acids is 1. The summed E-state index contributed by atoms with van der Waals surface area (Å²) in [5.41, 5.74) is 5.51. The first-order valence-corrected chi connectivity index (χ1v) is 24.1. The zero-order valence-corrected chi connectivity index (χ0v) is 35.9. The van der Waals surface area contributed by atoms with Crippen molar-refractivity contribution in [1.82, 2.24) is 16.0 Å². The van der Waals surface area contributed by atoms with Crippen LogP contribution >= 0.6 is 0 Å². The number of carbonyl (C=O) groups is 4. The van der Waals surface area contributed by atoms with E-state index < -0.39 is 109 Å². The van der Waals surface area contributed by atoms with E-state index in [9.17, 15) is 71.1 Å². The van der Waals surface area contributed by atoms with Crippen molar-refractivity contribution in [1.29, 1.82) is 0 Å². The van der Waals surface area contributed by atoms with Gasteiger partial charge in [-0.05, 0) is 97.8 Å². The van der Waals surface area contributed by atoms with E-state index in [2.05, 4.69) is 16.0 Å². The summed E-state index contributed by atoms with van der Waals surface area (Å²) in [7, 11) is -19.1. The van der Waals surface area contributed by atoms with Gasteiger partial charge >= 0.3 is 5.97 Å². The lowest BCUT2D eigenvalue weighted by Crippen LogP contribution is -2.48. The SMILES string of the molecule is N[C@@H](CCCCNC(=O)[C@H](CCCCNC(=O)COc1cc(S(=O)(=O)O)cc2cc(S(=O)(=O)O)ccc12)NC(=O)COc1cc(S(=O)(=O)O)cc2cc(S(=O)(=O)O)ccc12)C(=O)O. The van der Waals surface area contributed by atoms with Crippen LogP contribution in [0, 0.1) is 0 Å². The standard InChI is InChI=1S/C36H42N4O19S4/c37-29(36(44)45)5-1-3-12-39-35(43)30(40-34(42)20-59-32-18-26(63(55,56)57)16-22-14-24(61(49,50)51)8-10-28(22)32)6-2-4-11-38-33(41)19-58-31-17-25(62(52,53)54)15-21-13-23(60(46,47)48)7-9-27(21)31/h7-10,13-18,29-30H,1-6,11-12,19-20,37H2,(H,38,41)(H,39,43)(H,40,42)(H,44,45)(H,46,47,48)(H,49,50,51)(H,52,53,54)(H,55,56,57)/t29-,30-/m0/s1. The maximum Gasteiger partial charge on any atom is 0.320 e. The van der Waals surface area contributed by atoms with Crippen LogP contribution in [0.15, 0.2) is 80.2 Å². The molecule has 0 aliphatic rings. The number of nitrogens with one attached hydrogen (secondary N) is 3.